The number of aromatic nitrogens is 2. The molecule has 1 aromatic carbocycles. The van der Waals surface area contributed by atoms with Gasteiger partial charge in [0.2, 0.25) is 15.0 Å². The number of aryl methyl sites for hydroxylation is 1. The largest absolute Gasteiger partial charge is 0.455 e. The molecule has 0 radical (unpaired) electrons. The van der Waals surface area contributed by atoms with Crippen LogP contribution in [0.3, 0.4) is 0 Å². The Morgan fingerprint density at radius 2 is 1.92 bits per heavy atom. The first-order chi connectivity index (χ1) is 17.0. The van der Waals surface area contributed by atoms with Gasteiger partial charge < -0.3 is 9.64 Å². The highest BCUT2D eigenvalue weighted by atomic mass is 32.2. The van der Waals surface area contributed by atoms with Crippen molar-refractivity contribution >= 4 is 49.5 Å². The van der Waals surface area contributed by atoms with Gasteiger partial charge in [0, 0.05) is 18.8 Å². The lowest BCUT2D eigenvalue weighted by Gasteiger charge is -2.33. The van der Waals surface area contributed by atoms with E-state index >= 15 is 0 Å². The Kier molecular flexibility index (Phi) is 8.47. The fraction of sp³-hybridized carbons (Fsp3) is 0.591. The zero-order chi connectivity index (χ0) is 27.6. The molecule has 0 unspecified atom stereocenters. The van der Waals surface area contributed by atoms with Gasteiger partial charge >= 0.3 is 12.1 Å². The van der Waals surface area contributed by atoms with Crippen LogP contribution in [0.5, 0.6) is 0 Å². The molecule has 1 N–H and O–H groups in total. The number of hydrogen-bond donors (Lipinski definition) is 1. The molecule has 37 heavy (non-hydrogen) atoms. The maximum atomic E-state index is 12.9. The van der Waals surface area contributed by atoms with Crippen molar-refractivity contribution in [3.63, 3.8) is 0 Å². The van der Waals surface area contributed by atoms with Crippen LogP contribution in [0.1, 0.15) is 56.4 Å². The second-order valence-electron chi connectivity index (χ2n) is 10.0. The number of sulfonamides is 1. The summed E-state index contributed by atoms with van der Waals surface area (Å²) in [6.07, 6.45) is -3.38. The average Bonchev–Trinajstić information content (AvgIpc) is 3.18. The Bertz CT molecular complexity index is 1270. The molecule has 0 saturated heterocycles. The van der Waals surface area contributed by atoms with E-state index in [0.29, 0.717) is 18.9 Å². The molecule has 0 amide bonds. The van der Waals surface area contributed by atoms with Gasteiger partial charge in [-0.1, -0.05) is 25.2 Å². The molecule has 204 valence electrons. The molecule has 0 aliphatic carbocycles. The highest BCUT2D eigenvalue weighted by Crippen LogP contribution is 2.39. The topological polar surface area (TPSA) is 126 Å². The summed E-state index contributed by atoms with van der Waals surface area (Å²) in [6.45, 7) is 10.6. The smallest absolute Gasteiger partial charge is 0.404 e. The van der Waals surface area contributed by atoms with Crippen molar-refractivity contribution in [3.8, 4) is 0 Å². The van der Waals surface area contributed by atoms with Gasteiger partial charge in [0.15, 0.2) is 5.75 Å². The predicted molar refractivity (Wildman–Crippen MR) is 135 cm³/mol. The van der Waals surface area contributed by atoms with Crippen molar-refractivity contribution < 1.29 is 31.1 Å². The fourth-order valence-corrected chi connectivity index (χ4v) is 5.21. The van der Waals surface area contributed by atoms with E-state index in [-0.39, 0.29) is 21.5 Å². The van der Waals surface area contributed by atoms with Gasteiger partial charge in [0.1, 0.15) is 11.3 Å². The van der Waals surface area contributed by atoms with E-state index in [1.54, 1.807) is 26.8 Å². The van der Waals surface area contributed by atoms with Gasteiger partial charge in [0.25, 0.3) is 5.13 Å². The highest BCUT2D eigenvalue weighted by molar-refractivity contribution is 7.92. The average molecular weight is 563 g/mol. The maximum absolute atomic E-state index is 12.9. The lowest BCUT2D eigenvalue weighted by molar-refractivity contribution is -0.106. The molecule has 0 atom stereocenters. The van der Waals surface area contributed by atoms with E-state index in [9.17, 15) is 26.4 Å². The molecule has 0 fully saturated rings. The van der Waals surface area contributed by atoms with Gasteiger partial charge in [-0.15, -0.1) is 20.4 Å². The summed E-state index contributed by atoms with van der Waals surface area (Å²) >= 11 is 0.811. The van der Waals surface area contributed by atoms with Gasteiger partial charge in [0.05, 0.1) is 5.69 Å². The van der Waals surface area contributed by atoms with Crippen LogP contribution >= 0.6 is 11.3 Å². The Morgan fingerprint density at radius 1 is 1.22 bits per heavy atom. The minimum absolute atomic E-state index is 0.0101. The Morgan fingerprint density at radius 3 is 2.54 bits per heavy atom. The van der Waals surface area contributed by atoms with Crippen molar-refractivity contribution in [1.29, 1.82) is 0 Å². The second kappa shape index (κ2) is 10.9. The van der Waals surface area contributed by atoms with E-state index in [1.807, 2.05) is 18.6 Å². The third-order valence-corrected chi connectivity index (χ3v) is 6.87. The van der Waals surface area contributed by atoms with Gasteiger partial charge in [-0.25, -0.2) is 13.2 Å². The first-order valence-corrected chi connectivity index (χ1v) is 14.0. The summed E-state index contributed by atoms with van der Waals surface area (Å²) in [5.74, 6) is -2.42. The molecule has 10 nitrogen and oxygen atoms in total. The van der Waals surface area contributed by atoms with Gasteiger partial charge in [-0.05, 0) is 57.2 Å². The van der Waals surface area contributed by atoms with E-state index in [2.05, 4.69) is 25.3 Å². The van der Waals surface area contributed by atoms with Gasteiger partial charge in [-0.3, -0.25) is 4.72 Å². The molecule has 0 bridgehead atoms. The molecule has 1 aromatic heterocycles. The summed E-state index contributed by atoms with van der Waals surface area (Å²) < 4.78 is 70.4. The van der Waals surface area contributed by atoms with Crippen LogP contribution in [0.25, 0.3) is 0 Å². The minimum atomic E-state index is -4.92. The molecule has 2 heterocycles. The summed E-state index contributed by atoms with van der Waals surface area (Å²) in [5, 5.41) is 15.5. The van der Waals surface area contributed by atoms with E-state index in [4.69, 9.17) is 4.74 Å². The number of rotatable bonds is 8. The summed E-state index contributed by atoms with van der Waals surface area (Å²) in [7, 11) is -4.77. The number of nitrogens with zero attached hydrogens (tertiary/aromatic N) is 5. The Hall–Kier alpha value is -2.81. The van der Waals surface area contributed by atoms with Crippen LogP contribution in [0, 0.1) is 5.92 Å². The van der Waals surface area contributed by atoms with Crippen molar-refractivity contribution in [2.45, 2.75) is 59.2 Å². The third-order valence-electron chi connectivity index (χ3n) is 4.85. The number of carbonyl (C=O) groups excluding carboxylic acids is 1. The molecule has 2 aromatic rings. The molecule has 15 heteroatoms. The zero-order valence-electron chi connectivity index (χ0n) is 21.1. The standard InChI is InChI=1S/C22H29F3N6O4S2/c1-13(2)11-31-8-6-7-14-9-15(16(10-17(14)31)30-37(33,34)12-22(23,24)25)26-28-20-29-27-18(36-20)19(32)35-21(3,4)5/h9-10,13,30H,6-8,11-12H2,1-5H3. The predicted octanol–water partition coefficient (Wildman–Crippen LogP) is 5.62. The van der Waals surface area contributed by atoms with E-state index in [0.717, 1.165) is 35.6 Å². The van der Waals surface area contributed by atoms with Crippen LogP contribution in [-0.4, -0.2) is 55.2 Å². The Balaban J connectivity index is 1.97. The number of anilines is 2. The number of nitrogens with one attached hydrogen (secondary N) is 1. The summed E-state index contributed by atoms with van der Waals surface area (Å²) in [6, 6.07) is 3.10. The molecule has 0 spiro atoms. The first kappa shape index (κ1) is 28.8. The van der Waals surface area contributed by atoms with Crippen molar-refractivity contribution in [1.82, 2.24) is 10.2 Å². The van der Waals surface area contributed by atoms with Crippen molar-refractivity contribution in [2.75, 3.05) is 28.5 Å². The second-order valence-corrected chi connectivity index (χ2v) is 12.7. The van der Waals surface area contributed by atoms with Crippen molar-refractivity contribution in [2.24, 2.45) is 16.1 Å². The van der Waals surface area contributed by atoms with Crippen LogP contribution in [-0.2, 0) is 21.2 Å². The zero-order valence-corrected chi connectivity index (χ0v) is 22.7. The number of hydrogen-bond acceptors (Lipinski definition) is 10. The summed E-state index contributed by atoms with van der Waals surface area (Å²) in [4.78, 5) is 14.3. The normalized spacial score (nSPS) is 14.8. The molecule has 0 saturated carbocycles. The van der Waals surface area contributed by atoms with Crippen LogP contribution in [0.2, 0.25) is 0 Å². The number of halogens is 3. The molecular formula is C22H29F3N6O4S2. The number of alkyl halides is 3. The number of carbonyl (C=O) groups is 1. The van der Waals surface area contributed by atoms with Crippen LogP contribution in [0.15, 0.2) is 22.4 Å². The fourth-order valence-electron chi connectivity index (χ4n) is 3.67. The molecular weight excluding hydrogens is 533 g/mol. The minimum Gasteiger partial charge on any atom is -0.455 e. The highest BCUT2D eigenvalue weighted by Gasteiger charge is 2.36. The third kappa shape index (κ3) is 8.62. The molecule has 3 rings (SSSR count). The number of benzene rings is 1. The number of azo groups is 1. The van der Waals surface area contributed by atoms with Crippen molar-refractivity contribution in [3.05, 3.63) is 22.7 Å². The van der Waals surface area contributed by atoms with Crippen LogP contribution in [0.4, 0.5) is 35.4 Å². The lowest BCUT2D eigenvalue weighted by atomic mass is 9.99. The maximum Gasteiger partial charge on any atom is 0.404 e. The lowest BCUT2D eigenvalue weighted by Crippen LogP contribution is -2.33. The van der Waals surface area contributed by atoms with E-state index < -0.39 is 33.5 Å². The molecule has 1 aliphatic rings. The number of fused-ring (bicyclic) bond motifs is 1. The van der Waals surface area contributed by atoms with Gasteiger partial charge in [-0.2, -0.15) is 13.2 Å². The van der Waals surface area contributed by atoms with E-state index in [1.165, 1.54) is 6.07 Å². The molecule has 1 aliphatic heterocycles. The number of ether oxygens (including phenoxy) is 1. The monoisotopic (exact) mass is 562 g/mol. The first-order valence-electron chi connectivity index (χ1n) is 11.5. The summed E-state index contributed by atoms with van der Waals surface area (Å²) in [5.41, 5.74) is 0.738. The Labute approximate surface area is 217 Å². The SMILES string of the molecule is CC(C)CN1CCCc2cc(N=Nc3nnc(C(=O)OC(C)(C)C)s3)c(NS(=O)(=O)CC(F)(F)F)cc21. The number of esters is 1. The van der Waals surface area contributed by atoms with Crippen LogP contribution < -0.4 is 9.62 Å². The quantitative estimate of drug-likeness (QED) is 0.327.